The number of hydrogen-bond donors (Lipinski definition) is 1. The van der Waals surface area contributed by atoms with E-state index in [2.05, 4.69) is 31.2 Å². The van der Waals surface area contributed by atoms with Gasteiger partial charge in [0, 0.05) is 17.9 Å². The van der Waals surface area contributed by atoms with Crippen molar-refractivity contribution in [2.45, 2.75) is 33.4 Å². The van der Waals surface area contributed by atoms with Gasteiger partial charge in [0.05, 0.1) is 19.3 Å². The number of methoxy groups -OCH3 is 1. The first-order chi connectivity index (χ1) is 9.10. The lowest BCUT2D eigenvalue weighted by Gasteiger charge is -2.10. The molecular weight excluding hydrogens is 238 g/mol. The molecule has 0 aliphatic carbocycles. The highest BCUT2D eigenvalue weighted by atomic mass is 16.5. The molecule has 1 aromatic heterocycles. The number of hydrogen-bond acceptors (Lipinski definition) is 3. The van der Waals surface area contributed by atoms with Gasteiger partial charge in [-0.3, -0.25) is 4.68 Å². The smallest absolute Gasteiger partial charge is 0.119 e. The largest absolute Gasteiger partial charge is 0.497 e. The highest BCUT2D eigenvalue weighted by Crippen LogP contribution is 2.21. The molecule has 0 spiro atoms. The van der Waals surface area contributed by atoms with Crippen LogP contribution in [0.25, 0.3) is 0 Å². The van der Waals surface area contributed by atoms with Crippen LogP contribution < -0.4 is 10.1 Å². The molecule has 0 amide bonds. The molecule has 1 heterocycles. The van der Waals surface area contributed by atoms with Crippen LogP contribution in [0.4, 0.5) is 5.69 Å². The van der Waals surface area contributed by atoms with Gasteiger partial charge >= 0.3 is 0 Å². The summed E-state index contributed by atoms with van der Waals surface area (Å²) in [6, 6.07) is 8.47. The van der Waals surface area contributed by atoms with Gasteiger partial charge in [-0.2, -0.15) is 5.10 Å². The van der Waals surface area contributed by atoms with Crippen molar-refractivity contribution in [3.63, 3.8) is 0 Å². The zero-order valence-corrected chi connectivity index (χ0v) is 12.0. The van der Waals surface area contributed by atoms with Crippen LogP contribution in [0.5, 0.6) is 5.75 Å². The van der Waals surface area contributed by atoms with Crippen LogP contribution in [0.2, 0.25) is 0 Å². The summed E-state index contributed by atoms with van der Waals surface area (Å²) in [6.07, 6.45) is 2.02. The monoisotopic (exact) mass is 259 g/mol. The Kier molecular flexibility index (Phi) is 4.10. The number of ether oxygens (including phenoxy) is 1. The van der Waals surface area contributed by atoms with E-state index in [1.165, 1.54) is 5.56 Å². The lowest BCUT2D eigenvalue weighted by atomic mass is 10.2. The predicted molar refractivity (Wildman–Crippen MR) is 77.7 cm³/mol. The zero-order chi connectivity index (χ0) is 13.8. The van der Waals surface area contributed by atoms with Gasteiger partial charge in [-0.05, 0) is 50.6 Å². The van der Waals surface area contributed by atoms with E-state index in [1.54, 1.807) is 7.11 Å². The molecule has 0 saturated carbocycles. The minimum absolute atomic E-state index is 0.400. The van der Waals surface area contributed by atoms with E-state index in [1.807, 2.05) is 35.1 Å². The summed E-state index contributed by atoms with van der Waals surface area (Å²) in [5.41, 5.74) is 3.33. The van der Waals surface area contributed by atoms with E-state index < -0.39 is 0 Å². The molecule has 0 saturated heterocycles. The van der Waals surface area contributed by atoms with Gasteiger partial charge in [-0.25, -0.2) is 0 Å². The number of benzene rings is 1. The topological polar surface area (TPSA) is 39.1 Å². The van der Waals surface area contributed by atoms with Crippen LogP contribution in [0.3, 0.4) is 0 Å². The molecule has 0 atom stereocenters. The third kappa shape index (κ3) is 3.28. The second-order valence-electron chi connectivity index (χ2n) is 4.92. The van der Waals surface area contributed by atoms with Gasteiger partial charge < -0.3 is 10.1 Å². The number of anilines is 1. The molecular formula is C15H21N3O. The summed E-state index contributed by atoms with van der Waals surface area (Å²) >= 11 is 0. The lowest BCUT2D eigenvalue weighted by Crippen LogP contribution is -2.05. The van der Waals surface area contributed by atoms with Crippen LogP contribution in [0.15, 0.2) is 30.5 Å². The Morgan fingerprint density at radius 1 is 1.32 bits per heavy atom. The van der Waals surface area contributed by atoms with Gasteiger partial charge in [0.15, 0.2) is 0 Å². The number of aryl methyl sites for hydroxylation is 1. The van der Waals surface area contributed by atoms with Gasteiger partial charge in [-0.15, -0.1) is 0 Å². The van der Waals surface area contributed by atoms with Crippen molar-refractivity contribution in [1.82, 2.24) is 9.78 Å². The average Bonchev–Trinajstić information content (AvgIpc) is 2.86. The predicted octanol–water partition coefficient (Wildman–Crippen LogP) is 3.39. The van der Waals surface area contributed by atoms with E-state index in [0.717, 1.165) is 23.7 Å². The van der Waals surface area contributed by atoms with Gasteiger partial charge in [0.2, 0.25) is 0 Å². The van der Waals surface area contributed by atoms with Crippen LogP contribution in [0.1, 0.15) is 31.1 Å². The summed E-state index contributed by atoms with van der Waals surface area (Å²) in [5, 5.41) is 7.92. The average molecular weight is 259 g/mol. The number of aromatic nitrogens is 2. The fourth-order valence-electron chi connectivity index (χ4n) is 1.91. The first-order valence-corrected chi connectivity index (χ1v) is 6.52. The third-order valence-corrected chi connectivity index (χ3v) is 3.09. The van der Waals surface area contributed by atoms with E-state index in [0.29, 0.717) is 6.04 Å². The molecule has 19 heavy (non-hydrogen) atoms. The van der Waals surface area contributed by atoms with E-state index >= 15 is 0 Å². The highest BCUT2D eigenvalue weighted by molar-refractivity contribution is 5.53. The molecule has 2 rings (SSSR count). The van der Waals surface area contributed by atoms with Crippen molar-refractivity contribution in [2.24, 2.45) is 0 Å². The molecule has 0 unspecified atom stereocenters. The van der Waals surface area contributed by atoms with Crippen molar-refractivity contribution in [2.75, 3.05) is 12.4 Å². The molecule has 0 aliphatic rings. The fraction of sp³-hybridized carbons (Fsp3) is 0.400. The van der Waals surface area contributed by atoms with Crippen LogP contribution in [0, 0.1) is 6.92 Å². The maximum atomic E-state index is 5.20. The van der Waals surface area contributed by atoms with Gasteiger partial charge in [0.1, 0.15) is 5.75 Å². The maximum Gasteiger partial charge on any atom is 0.119 e. The molecule has 4 nitrogen and oxygen atoms in total. The first kappa shape index (κ1) is 13.5. The molecule has 1 aromatic carbocycles. The van der Waals surface area contributed by atoms with Crippen molar-refractivity contribution in [3.8, 4) is 5.75 Å². The Morgan fingerprint density at radius 2 is 2.11 bits per heavy atom. The molecule has 0 radical (unpaired) electrons. The Bertz CT molecular complexity index is 546. The maximum absolute atomic E-state index is 5.20. The van der Waals surface area contributed by atoms with Crippen molar-refractivity contribution in [3.05, 3.63) is 41.7 Å². The second kappa shape index (κ2) is 5.78. The summed E-state index contributed by atoms with van der Waals surface area (Å²) in [5.74, 6) is 0.882. The summed E-state index contributed by atoms with van der Waals surface area (Å²) in [7, 11) is 1.68. The molecule has 4 heteroatoms. The molecule has 102 valence electrons. The Balaban J connectivity index is 2.01. The SMILES string of the molecule is COc1ccc(NCc2ccn(C(C)C)n2)c(C)c1. The van der Waals surface area contributed by atoms with Crippen molar-refractivity contribution >= 4 is 5.69 Å². The Morgan fingerprint density at radius 3 is 2.68 bits per heavy atom. The van der Waals surface area contributed by atoms with E-state index in [-0.39, 0.29) is 0 Å². The molecule has 0 fully saturated rings. The molecule has 0 aliphatic heterocycles. The minimum Gasteiger partial charge on any atom is -0.497 e. The Labute approximate surface area is 114 Å². The minimum atomic E-state index is 0.400. The molecule has 0 bridgehead atoms. The second-order valence-corrected chi connectivity index (χ2v) is 4.92. The molecule has 2 aromatic rings. The lowest BCUT2D eigenvalue weighted by molar-refractivity contribution is 0.414. The van der Waals surface area contributed by atoms with Crippen LogP contribution in [-0.2, 0) is 6.54 Å². The summed E-state index contributed by atoms with van der Waals surface area (Å²) in [6.45, 7) is 7.04. The van der Waals surface area contributed by atoms with Crippen LogP contribution >= 0.6 is 0 Å². The first-order valence-electron chi connectivity index (χ1n) is 6.52. The molecule has 1 N–H and O–H groups in total. The Hall–Kier alpha value is -1.97. The van der Waals surface area contributed by atoms with Crippen molar-refractivity contribution in [1.29, 1.82) is 0 Å². The van der Waals surface area contributed by atoms with Gasteiger partial charge in [-0.1, -0.05) is 0 Å². The quantitative estimate of drug-likeness (QED) is 0.894. The highest BCUT2D eigenvalue weighted by Gasteiger charge is 2.04. The van der Waals surface area contributed by atoms with E-state index in [9.17, 15) is 0 Å². The number of nitrogens with one attached hydrogen (secondary N) is 1. The zero-order valence-electron chi connectivity index (χ0n) is 12.0. The van der Waals surface area contributed by atoms with Crippen molar-refractivity contribution < 1.29 is 4.74 Å². The van der Waals surface area contributed by atoms with E-state index in [4.69, 9.17) is 4.74 Å². The third-order valence-electron chi connectivity index (χ3n) is 3.09. The summed E-state index contributed by atoms with van der Waals surface area (Å²) < 4.78 is 7.17. The summed E-state index contributed by atoms with van der Waals surface area (Å²) in [4.78, 5) is 0. The standard InChI is InChI=1S/C15H21N3O/c1-11(2)18-8-7-13(17-18)10-16-15-6-5-14(19-4)9-12(15)3/h5-9,11,16H,10H2,1-4H3. The van der Waals surface area contributed by atoms with Crippen LogP contribution in [-0.4, -0.2) is 16.9 Å². The fourth-order valence-corrected chi connectivity index (χ4v) is 1.91. The number of nitrogens with zero attached hydrogens (tertiary/aromatic N) is 2. The van der Waals surface area contributed by atoms with Gasteiger partial charge in [0.25, 0.3) is 0 Å². The normalized spacial score (nSPS) is 10.8. The number of rotatable bonds is 5.